The highest BCUT2D eigenvalue weighted by Gasteiger charge is 2.09. The molecule has 32 heavy (non-hydrogen) atoms. The molecule has 3 amide bonds. The van der Waals surface area contributed by atoms with Gasteiger partial charge in [-0.15, -0.1) is 0 Å². The van der Waals surface area contributed by atoms with Crippen LogP contribution in [0.4, 0.5) is 5.69 Å². The first-order chi connectivity index (χ1) is 15.4. The number of nitrogens with one attached hydrogen (secondary N) is 2. The smallest absolute Gasteiger partial charge is 0.257 e. The second-order valence-corrected chi connectivity index (χ2v) is 6.74. The summed E-state index contributed by atoms with van der Waals surface area (Å²) < 4.78 is 11.1. The SMILES string of the molecule is CCNC(=O)COc1cccc(NC(=O)c2ccc(Oc3ccc(C(N)=O)cc3)cc2)c1. The number of likely N-dealkylation sites (N-methyl/N-ethyl adjacent to an activating group) is 1. The quantitative estimate of drug-likeness (QED) is 0.478. The maximum Gasteiger partial charge on any atom is 0.257 e. The topological polar surface area (TPSA) is 120 Å². The van der Waals surface area contributed by atoms with E-state index in [1.54, 1.807) is 72.8 Å². The summed E-state index contributed by atoms with van der Waals surface area (Å²) in [5, 5.41) is 5.44. The summed E-state index contributed by atoms with van der Waals surface area (Å²) in [7, 11) is 0. The van der Waals surface area contributed by atoms with Crippen molar-refractivity contribution in [3.8, 4) is 17.2 Å². The zero-order chi connectivity index (χ0) is 22.9. The van der Waals surface area contributed by atoms with E-state index in [1.165, 1.54) is 0 Å². The van der Waals surface area contributed by atoms with Crippen LogP contribution in [-0.2, 0) is 4.79 Å². The number of benzene rings is 3. The monoisotopic (exact) mass is 433 g/mol. The van der Waals surface area contributed by atoms with E-state index in [0.29, 0.717) is 40.6 Å². The van der Waals surface area contributed by atoms with E-state index in [0.717, 1.165) is 0 Å². The number of nitrogens with two attached hydrogens (primary N) is 1. The fourth-order valence-corrected chi connectivity index (χ4v) is 2.76. The molecule has 8 nitrogen and oxygen atoms in total. The molecule has 0 heterocycles. The van der Waals surface area contributed by atoms with Crippen molar-refractivity contribution >= 4 is 23.4 Å². The Morgan fingerprint density at radius 3 is 2.06 bits per heavy atom. The summed E-state index contributed by atoms with van der Waals surface area (Å²) >= 11 is 0. The van der Waals surface area contributed by atoms with Crippen LogP contribution in [0.2, 0.25) is 0 Å². The van der Waals surface area contributed by atoms with Gasteiger partial charge in [0.1, 0.15) is 17.2 Å². The molecule has 0 saturated heterocycles. The van der Waals surface area contributed by atoms with Gasteiger partial charge >= 0.3 is 0 Å². The van der Waals surface area contributed by atoms with Gasteiger partial charge in [-0.25, -0.2) is 0 Å². The van der Waals surface area contributed by atoms with Crippen LogP contribution in [0.25, 0.3) is 0 Å². The highest BCUT2D eigenvalue weighted by atomic mass is 16.5. The molecule has 3 aromatic carbocycles. The predicted octanol–water partition coefficient (Wildman–Crippen LogP) is 3.35. The summed E-state index contributed by atoms with van der Waals surface area (Å²) in [6, 6.07) is 19.8. The molecule has 0 aliphatic heterocycles. The summed E-state index contributed by atoms with van der Waals surface area (Å²) in [5.41, 5.74) is 6.59. The molecule has 164 valence electrons. The van der Waals surface area contributed by atoms with Crippen molar-refractivity contribution in [3.05, 3.63) is 83.9 Å². The largest absolute Gasteiger partial charge is 0.484 e. The third-order valence-corrected chi connectivity index (χ3v) is 4.33. The minimum Gasteiger partial charge on any atom is -0.484 e. The minimum absolute atomic E-state index is 0.0992. The molecule has 0 fully saturated rings. The Labute approximate surface area is 185 Å². The molecule has 0 aromatic heterocycles. The molecule has 0 atom stereocenters. The Balaban J connectivity index is 1.58. The maximum absolute atomic E-state index is 12.5. The van der Waals surface area contributed by atoms with Crippen molar-refractivity contribution in [3.63, 3.8) is 0 Å². The standard InChI is InChI=1S/C24H23N3O5/c1-2-26-22(28)15-31-21-5-3-4-18(14-21)27-24(30)17-8-12-20(13-9-17)32-19-10-6-16(7-11-19)23(25)29/h3-14H,2,15H2,1H3,(H2,25,29)(H,26,28)(H,27,30). The third-order valence-electron chi connectivity index (χ3n) is 4.33. The lowest BCUT2D eigenvalue weighted by Crippen LogP contribution is -2.28. The molecule has 0 spiro atoms. The zero-order valence-corrected chi connectivity index (χ0v) is 17.5. The Morgan fingerprint density at radius 1 is 0.844 bits per heavy atom. The van der Waals surface area contributed by atoms with Gasteiger partial charge in [-0.1, -0.05) is 6.07 Å². The lowest BCUT2D eigenvalue weighted by atomic mass is 10.2. The molecule has 0 aliphatic carbocycles. The first kappa shape index (κ1) is 22.4. The average molecular weight is 433 g/mol. The second-order valence-electron chi connectivity index (χ2n) is 6.74. The molecular weight excluding hydrogens is 410 g/mol. The van der Waals surface area contributed by atoms with Gasteiger partial charge in [-0.05, 0) is 67.6 Å². The zero-order valence-electron chi connectivity index (χ0n) is 17.5. The van der Waals surface area contributed by atoms with E-state index >= 15 is 0 Å². The molecule has 4 N–H and O–H groups in total. The van der Waals surface area contributed by atoms with Crippen molar-refractivity contribution in [2.24, 2.45) is 5.73 Å². The highest BCUT2D eigenvalue weighted by Crippen LogP contribution is 2.23. The number of rotatable bonds is 9. The Morgan fingerprint density at radius 2 is 1.47 bits per heavy atom. The Bertz CT molecular complexity index is 1100. The van der Waals surface area contributed by atoms with Gasteiger partial charge in [-0.2, -0.15) is 0 Å². The minimum atomic E-state index is -0.508. The Hall–Kier alpha value is -4.33. The van der Waals surface area contributed by atoms with E-state index in [1.807, 2.05) is 6.92 Å². The maximum atomic E-state index is 12.5. The van der Waals surface area contributed by atoms with Crippen LogP contribution in [0, 0.1) is 0 Å². The number of hydrogen-bond donors (Lipinski definition) is 3. The van der Waals surface area contributed by atoms with E-state index in [2.05, 4.69) is 10.6 Å². The molecule has 0 unspecified atom stereocenters. The van der Waals surface area contributed by atoms with Crippen LogP contribution in [-0.4, -0.2) is 30.9 Å². The van der Waals surface area contributed by atoms with Crippen molar-refractivity contribution < 1.29 is 23.9 Å². The average Bonchev–Trinajstić information content (AvgIpc) is 2.79. The van der Waals surface area contributed by atoms with E-state index < -0.39 is 5.91 Å². The molecule has 8 heteroatoms. The summed E-state index contributed by atoms with van der Waals surface area (Å²) in [4.78, 5) is 35.2. The van der Waals surface area contributed by atoms with Crippen LogP contribution in [0.15, 0.2) is 72.8 Å². The molecule has 0 radical (unpaired) electrons. The molecule has 3 aromatic rings. The normalized spacial score (nSPS) is 10.2. The van der Waals surface area contributed by atoms with Gasteiger partial charge in [0.15, 0.2) is 6.61 Å². The van der Waals surface area contributed by atoms with Crippen LogP contribution >= 0.6 is 0 Å². The number of ether oxygens (including phenoxy) is 2. The lowest BCUT2D eigenvalue weighted by Gasteiger charge is -2.10. The molecule has 3 rings (SSSR count). The first-order valence-electron chi connectivity index (χ1n) is 9.93. The van der Waals surface area contributed by atoms with Crippen LogP contribution in [0.5, 0.6) is 17.2 Å². The summed E-state index contributed by atoms with van der Waals surface area (Å²) in [5.74, 6) is 0.521. The number of amides is 3. The van der Waals surface area contributed by atoms with Crippen molar-refractivity contribution in [2.45, 2.75) is 6.92 Å². The van der Waals surface area contributed by atoms with Crippen LogP contribution < -0.4 is 25.8 Å². The lowest BCUT2D eigenvalue weighted by molar-refractivity contribution is -0.122. The number of carbonyl (C=O) groups excluding carboxylic acids is 3. The van der Waals surface area contributed by atoms with Crippen molar-refractivity contribution in [2.75, 3.05) is 18.5 Å². The summed E-state index contributed by atoms with van der Waals surface area (Å²) in [6.45, 7) is 2.26. The van der Waals surface area contributed by atoms with Gasteiger partial charge in [0.05, 0.1) is 0 Å². The number of anilines is 1. The predicted molar refractivity (Wildman–Crippen MR) is 120 cm³/mol. The van der Waals surface area contributed by atoms with E-state index in [-0.39, 0.29) is 18.4 Å². The Kier molecular flexibility index (Phi) is 7.42. The fourth-order valence-electron chi connectivity index (χ4n) is 2.76. The number of carbonyl (C=O) groups is 3. The number of primary amides is 1. The van der Waals surface area contributed by atoms with Crippen LogP contribution in [0.1, 0.15) is 27.6 Å². The van der Waals surface area contributed by atoms with Gasteiger partial charge in [0, 0.05) is 29.4 Å². The third kappa shape index (κ3) is 6.33. The van der Waals surface area contributed by atoms with E-state index in [4.69, 9.17) is 15.2 Å². The second kappa shape index (κ2) is 10.6. The van der Waals surface area contributed by atoms with Crippen molar-refractivity contribution in [1.29, 1.82) is 0 Å². The van der Waals surface area contributed by atoms with Gasteiger partial charge < -0.3 is 25.8 Å². The van der Waals surface area contributed by atoms with Crippen molar-refractivity contribution in [1.82, 2.24) is 5.32 Å². The van der Waals surface area contributed by atoms with E-state index in [9.17, 15) is 14.4 Å². The highest BCUT2D eigenvalue weighted by molar-refractivity contribution is 6.04. The summed E-state index contributed by atoms with van der Waals surface area (Å²) in [6.07, 6.45) is 0. The molecule has 0 bridgehead atoms. The molecule has 0 aliphatic rings. The van der Waals surface area contributed by atoms with Gasteiger partial charge in [-0.3, -0.25) is 14.4 Å². The van der Waals surface area contributed by atoms with Gasteiger partial charge in [0.25, 0.3) is 11.8 Å². The molecular formula is C24H23N3O5. The number of hydrogen-bond acceptors (Lipinski definition) is 5. The first-order valence-corrected chi connectivity index (χ1v) is 9.93. The molecule has 0 saturated carbocycles. The van der Waals surface area contributed by atoms with Crippen LogP contribution in [0.3, 0.4) is 0 Å². The fraction of sp³-hybridized carbons (Fsp3) is 0.125. The van der Waals surface area contributed by atoms with Gasteiger partial charge in [0.2, 0.25) is 5.91 Å².